The lowest BCUT2D eigenvalue weighted by molar-refractivity contribution is -0.127. The molecule has 0 aliphatic carbocycles. The first kappa shape index (κ1) is 18.6. The Kier molecular flexibility index (Phi) is 6.12. The van der Waals surface area contributed by atoms with Gasteiger partial charge >= 0.3 is 0 Å². The molecule has 132 valence electrons. The summed E-state index contributed by atoms with van der Waals surface area (Å²) in [4.78, 5) is 25.7. The molecular formula is C16H20ClF2N3O2. The first-order valence-corrected chi connectivity index (χ1v) is 7.80. The zero-order chi connectivity index (χ0) is 16.4. The highest BCUT2D eigenvalue weighted by Crippen LogP contribution is 2.26. The van der Waals surface area contributed by atoms with Crippen LogP contribution in [0.3, 0.4) is 0 Å². The number of nitrogens with zero attached hydrogens (tertiary/aromatic N) is 1. The summed E-state index contributed by atoms with van der Waals surface area (Å²) in [6, 6.07) is 3.04. The molecule has 5 nitrogen and oxygen atoms in total. The van der Waals surface area contributed by atoms with Crippen LogP contribution in [0.15, 0.2) is 18.2 Å². The number of carbonyl (C=O) groups excluding carboxylic acids is 2. The van der Waals surface area contributed by atoms with Crippen LogP contribution in [0.25, 0.3) is 0 Å². The Morgan fingerprint density at radius 1 is 1.25 bits per heavy atom. The summed E-state index contributed by atoms with van der Waals surface area (Å²) in [5.41, 5.74) is 0.155. The van der Waals surface area contributed by atoms with Crippen molar-refractivity contribution in [2.75, 3.05) is 24.5 Å². The maximum absolute atomic E-state index is 13.3. The van der Waals surface area contributed by atoms with Crippen LogP contribution in [0, 0.1) is 17.6 Å². The predicted molar refractivity (Wildman–Crippen MR) is 88.1 cm³/mol. The van der Waals surface area contributed by atoms with Crippen molar-refractivity contribution in [3.05, 3.63) is 29.8 Å². The highest BCUT2D eigenvalue weighted by Gasteiger charge is 2.36. The van der Waals surface area contributed by atoms with Gasteiger partial charge in [0, 0.05) is 37.3 Å². The van der Waals surface area contributed by atoms with Crippen LogP contribution in [0.4, 0.5) is 14.5 Å². The van der Waals surface area contributed by atoms with E-state index in [0.29, 0.717) is 0 Å². The third kappa shape index (κ3) is 4.21. The lowest BCUT2D eigenvalue weighted by Gasteiger charge is -2.25. The standard InChI is InChI=1S/C16H19F2N3O2.ClH/c17-11-5-12(18)7-14(6-11)21-9-10(4-15(21)22)16(23)20-13-2-1-3-19-8-13;/h5-7,10,13,19H,1-4,8-9H2,(H,20,23);1H/t10?,13-;/m0./s1. The van der Waals surface area contributed by atoms with E-state index in [1.165, 1.54) is 4.90 Å². The molecule has 2 saturated heterocycles. The number of benzene rings is 1. The molecule has 0 spiro atoms. The molecule has 2 aliphatic heterocycles. The van der Waals surface area contributed by atoms with E-state index < -0.39 is 17.6 Å². The molecule has 3 rings (SSSR count). The van der Waals surface area contributed by atoms with E-state index in [1.54, 1.807) is 0 Å². The van der Waals surface area contributed by atoms with Crippen molar-refractivity contribution in [1.82, 2.24) is 10.6 Å². The summed E-state index contributed by atoms with van der Waals surface area (Å²) in [6.07, 6.45) is 1.98. The Morgan fingerprint density at radius 2 is 1.96 bits per heavy atom. The monoisotopic (exact) mass is 359 g/mol. The molecule has 1 aromatic carbocycles. The number of hydrogen-bond donors (Lipinski definition) is 2. The SMILES string of the molecule is Cl.O=C(N[C@H]1CCCNC1)C1CC(=O)N(c2cc(F)cc(F)c2)C1. The highest BCUT2D eigenvalue weighted by atomic mass is 35.5. The predicted octanol–water partition coefficient (Wildman–Crippen LogP) is 1.61. The van der Waals surface area contributed by atoms with Crippen LogP contribution in [-0.4, -0.2) is 37.5 Å². The zero-order valence-corrected chi connectivity index (χ0v) is 13.9. The summed E-state index contributed by atoms with van der Waals surface area (Å²) in [5.74, 6) is -2.44. The molecular weight excluding hydrogens is 340 g/mol. The quantitative estimate of drug-likeness (QED) is 0.862. The minimum atomic E-state index is -0.742. The summed E-state index contributed by atoms with van der Waals surface area (Å²) >= 11 is 0. The maximum Gasteiger partial charge on any atom is 0.227 e. The van der Waals surface area contributed by atoms with Crippen LogP contribution in [0.2, 0.25) is 0 Å². The summed E-state index contributed by atoms with van der Waals surface area (Å²) in [5, 5.41) is 6.16. The van der Waals surface area contributed by atoms with Crippen molar-refractivity contribution in [2.45, 2.75) is 25.3 Å². The van der Waals surface area contributed by atoms with Gasteiger partial charge in [0.05, 0.1) is 5.92 Å². The fourth-order valence-electron chi connectivity index (χ4n) is 3.12. The Balaban J connectivity index is 0.00000208. The van der Waals surface area contributed by atoms with E-state index >= 15 is 0 Å². The first-order chi connectivity index (χ1) is 11.0. The first-order valence-electron chi connectivity index (χ1n) is 7.80. The molecule has 2 amide bonds. The minimum absolute atomic E-state index is 0. The van der Waals surface area contributed by atoms with Gasteiger partial charge < -0.3 is 15.5 Å². The second-order valence-electron chi connectivity index (χ2n) is 6.08. The average molecular weight is 360 g/mol. The van der Waals surface area contributed by atoms with Gasteiger partial charge in [-0.2, -0.15) is 0 Å². The van der Waals surface area contributed by atoms with Gasteiger partial charge in [-0.25, -0.2) is 8.78 Å². The van der Waals surface area contributed by atoms with Crippen LogP contribution >= 0.6 is 12.4 Å². The third-order valence-electron chi connectivity index (χ3n) is 4.30. The molecule has 24 heavy (non-hydrogen) atoms. The van der Waals surface area contributed by atoms with Crippen LogP contribution in [0.5, 0.6) is 0 Å². The van der Waals surface area contributed by atoms with Crippen molar-refractivity contribution >= 4 is 29.9 Å². The topological polar surface area (TPSA) is 61.4 Å². The lowest BCUT2D eigenvalue weighted by atomic mass is 10.0. The molecule has 2 aliphatic rings. The fourth-order valence-corrected chi connectivity index (χ4v) is 3.12. The molecule has 2 N–H and O–H groups in total. The van der Waals surface area contributed by atoms with Crippen molar-refractivity contribution in [1.29, 1.82) is 0 Å². The molecule has 8 heteroatoms. The number of nitrogens with one attached hydrogen (secondary N) is 2. The second kappa shape index (κ2) is 7.90. The van der Waals surface area contributed by atoms with Gasteiger partial charge in [0.25, 0.3) is 0 Å². The molecule has 2 atom stereocenters. The van der Waals surface area contributed by atoms with E-state index in [-0.39, 0.29) is 48.9 Å². The number of rotatable bonds is 3. The number of anilines is 1. The van der Waals surface area contributed by atoms with Crippen molar-refractivity contribution in [2.24, 2.45) is 5.92 Å². The maximum atomic E-state index is 13.3. The normalized spacial score (nSPS) is 23.8. The summed E-state index contributed by atoms with van der Waals surface area (Å²) in [6.45, 7) is 1.83. The Labute approximate surface area is 145 Å². The molecule has 1 aromatic rings. The molecule has 0 aromatic heterocycles. The van der Waals surface area contributed by atoms with Crippen LogP contribution in [0.1, 0.15) is 19.3 Å². The fraction of sp³-hybridized carbons (Fsp3) is 0.500. The van der Waals surface area contributed by atoms with Crippen LogP contribution in [-0.2, 0) is 9.59 Å². The van der Waals surface area contributed by atoms with Crippen LogP contribution < -0.4 is 15.5 Å². The smallest absolute Gasteiger partial charge is 0.227 e. The minimum Gasteiger partial charge on any atom is -0.352 e. The summed E-state index contributed by atoms with van der Waals surface area (Å²) < 4.78 is 26.6. The molecule has 2 fully saturated rings. The van der Waals surface area contributed by atoms with E-state index in [2.05, 4.69) is 10.6 Å². The number of amides is 2. The highest BCUT2D eigenvalue weighted by molar-refractivity contribution is 6.00. The number of carbonyl (C=O) groups is 2. The van der Waals surface area contributed by atoms with E-state index in [4.69, 9.17) is 0 Å². The largest absolute Gasteiger partial charge is 0.352 e. The van der Waals surface area contributed by atoms with Gasteiger partial charge in [0.2, 0.25) is 11.8 Å². The van der Waals surface area contributed by atoms with Crippen molar-refractivity contribution in [3.8, 4) is 0 Å². The molecule has 1 unspecified atom stereocenters. The average Bonchev–Trinajstić information content (AvgIpc) is 2.89. The van der Waals surface area contributed by atoms with Crippen molar-refractivity contribution < 1.29 is 18.4 Å². The second-order valence-corrected chi connectivity index (χ2v) is 6.08. The van der Waals surface area contributed by atoms with Gasteiger partial charge in [-0.3, -0.25) is 9.59 Å². The summed E-state index contributed by atoms with van der Waals surface area (Å²) in [7, 11) is 0. The Hall–Kier alpha value is -1.73. The number of piperidine rings is 1. The van der Waals surface area contributed by atoms with Gasteiger partial charge in [0.15, 0.2) is 0 Å². The van der Waals surface area contributed by atoms with Gasteiger partial charge in [-0.15, -0.1) is 12.4 Å². The third-order valence-corrected chi connectivity index (χ3v) is 4.30. The van der Waals surface area contributed by atoms with E-state index in [9.17, 15) is 18.4 Å². The Morgan fingerprint density at radius 3 is 2.58 bits per heavy atom. The zero-order valence-electron chi connectivity index (χ0n) is 13.1. The molecule has 0 saturated carbocycles. The van der Waals surface area contributed by atoms with Gasteiger partial charge in [0.1, 0.15) is 11.6 Å². The Bertz CT molecular complexity index is 603. The van der Waals surface area contributed by atoms with E-state index in [1.807, 2.05) is 0 Å². The molecule has 0 radical (unpaired) electrons. The van der Waals surface area contributed by atoms with Gasteiger partial charge in [-0.1, -0.05) is 0 Å². The number of hydrogen-bond acceptors (Lipinski definition) is 3. The molecule has 0 bridgehead atoms. The number of halogens is 3. The van der Waals surface area contributed by atoms with Crippen molar-refractivity contribution in [3.63, 3.8) is 0 Å². The van der Waals surface area contributed by atoms with Gasteiger partial charge in [-0.05, 0) is 31.5 Å². The molecule has 2 heterocycles. The van der Waals surface area contributed by atoms with E-state index in [0.717, 1.165) is 44.1 Å². The lowest BCUT2D eigenvalue weighted by Crippen LogP contribution is -2.47.